The fourth-order valence-electron chi connectivity index (χ4n) is 5.32. The van der Waals surface area contributed by atoms with Gasteiger partial charge in [0.25, 0.3) is 11.7 Å². The minimum Gasteiger partial charge on any atom is -0.551 e. The topological polar surface area (TPSA) is 67.4 Å². The highest BCUT2D eigenvalue weighted by atomic mass is 32.1. The summed E-state index contributed by atoms with van der Waals surface area (Å²) in [5, 5.41) is 2.24. The average molecular weight is 484 g/mol. The fourth-order valence-corrected chi connectivity index (χ4v) is 6.32. The molecule has 0 radical (unpaired) electrons. The van der Waals surface area contributed by atoms with Crippen LogP contribution in [0.1, 0.15) is 32.5 Å². The van der Waals surface area contributed by atoms with Gasteiger partial charge in [0.1, 0.15) is 5.75 Å². The van der Waals surface area contributed by atoms with Crippen LogP contribution < -0.4 is 9.47 Å². The van der Waals surface area contributed by atoms with Crippen LogP contribution >= 0.6 is 11.3 Å². The number of H-pyrrole nitrogens is 1. The third-order valence-corrected chi connectivity index (χ3v) is 8.09. The molecule has 174 valence electrons. The number of methoxy groups -OCH3 is 1. The van der Waals surface area contributed by atoms with Crippen LogP contribution in [0.3, 0.4) is 0 Å². The molecule has 1 amide bonds. The van der Waals surface area contributed by atoms with Gasteiger partial charge < -0.3 is 24.1 Å². The molecule has 7 rings (SSSR count). The molecule has 35 heavy (non-hydrogen) atoms. The third kappa shape index (κ3) is 3.19. The van der Waals surface area contributed by atoms with Gasteiger partial charge in [0.15, 0.2) is 0 Å². The van der Waals surface area contributed by atoms with E-state index in [0.717, 1.165) is 55.4 Å². The lowest BCUT2D eigenvalue weighted by Gasteiger charge is -2.36. The molecule has 0 spiro atoms. The summed E-state index contributed by atoms with van der Waals surface area (Å²) in [7, 11) is 1.66. The predicted octanol–water partition coefficient (Wildman–Crippen LogP) is 5.77. The number of aromatic hydroxyl groups is 1. The van der Waals surface area contributed by atoms with Crippen molar-refractivity contribution in [2.75, 3.05) is 20.4 Å². The summed E-state index contributed by atoms with van der Waals surface area (Å²) in [6, 6.07) is 22.1. The van der Waals surface area contributed by atoms with E-state index in [-0.39, 0.29) is 11.9 Å². The van der Waals surface area contributed by atoms with Crippen molar-refractivity contribution < 1.29 is 19.0 Å². The zero-order valence-corrected chi connectivity index (χ0v) is 19.9. The number of aromatic nitrogens is 1. The molecule has 0 fully saturated rings. The van der Waals surface area contributed by atoms with Gasteiger partial charge in [-0.2, -0.15) is 0 Å². The normalized spacial score (nSPS) is 16.6. The smallest absolute Gasteiger partial charge is 0.327 e. The predicted molar refractivity (Wildman–Crippen MR) is 137 cm³/mol. The third-order valence-electron chi connectivity index (χ3n) is 6.98. The number of thiophene rings is 1. The first-order valence-corrected chi connectivity index (χ1v) is 12.4. The summed E-state index contributed by atoms with van der Waals surface area (Å²) >= 11 is 1.53. The van der Waals surface area contributed by atoms with E-state index < -0.39 is 0 Å². The van der Waals surface area contributed by atoms with Crippen molar-refractivity contribution in [3.63, 3.8) is 0 Å². The summed E-state index contributed by atoms with van der Waals surface area (Å²) in [6.45, 7) is 0.979. The van der Waals surface area contributed by atoms with Crippen LogP contribution in [0.15, 0.2) is 66.7 Å². The van der Waals surface area contributed by atoms with Gasteiger partial charge in [-0.3, -0.25) is 4.79 Å². The van der Waals surface area contributed by atoms with Crippen LogP contribution in [0.4, 0.5) is 0 Å². The first-order valence-electron chi connectivity index (χ1n) is 11.6. The molecule has 6 nitrogen and oxygen atoms in total. The Hall–Kier alpha value is -3.97. The Kier molecular flexibility index (Phi) is 4.54. The van der Waals surface area contributed by atoms with E-state index in [2.05, 4.69) is 34.0 Å². The molecule has 4 heterocycles. The number of rotatable bonds is 3. The number of hydrogen-bond acceptors (Lipinski definition) is 4. The lowest BCUT2D eigenvalue weighted by molar-refractivity contribution is 0.00264. The lowest BCUT2D eigenvalue weighted by atomic mass is 9.92. The lowest BCUT2D eigenvalue weighted by Crippen LogP contribution is -2.40. The number of aliphatic hydroxyl groups is 1. The molecular formula is C28H23N2O4S+. The molecule has 2 N–H and O–H groups in total. The van der Waals surface area contributed by atoms with Gasteiger partial charge in [0.2, 0.25) is 5.75 Å². The first-order chi connectivity index (χ1) is 17.2. The number of aromatic amines is 1. The molecule has 2 aliphatic rings. The number of benzene rings is 3. The maximum atomic E-state index is 14.0. The second-order valence-electron chi connectivity index (χ2n) is 8.89. The summed E-state index contributed by atoms with van der Waals surface area (Å²) < 4.78 is 16.6. The van der Waals surface area contributed by atoms with Gasteiger partial charge in [-0.05, 0) is 65.4 Å². The molecule has 0 aliphatic carbocycles. The van der Waals surface area contributed by atoms with Crippen molar-refractivity contribution in [1.82, 2.24) is 9.88 Å². The molecule has 2 aromatic heterocycles. The average Bonchev–Trinajstić information content (AvgIpc) is 3.63. The Morgan fingerprint density at radius 1 is 1.14 bits per heavy atom. The standard InChI is InChI=1S/C28H22N2O4S/c1-32-18-7-9-24-17(12-18)14-25(35-24)28(31)30-11-10-20-19-4-2-3-5-21(19)29-26(20)27(30)16-6-8-22-23(13-16)34-15-33-22/h2-9,12-14,27,29H,10-11,15H2,1H3/p+1. The van der Waals surface area contributed by atoms with Gasteiger partial charge in [-0.25, -0.2) is 0 Å². The highest BCUT2D eigenvalue weighted by Gasteiger charge is 2.36. The number of carbonyl (C=O) groups is 1. The van der Waals surface area contributed by atoms with Crippen molar-refractivity contribution in [3.05, 3.63) is 88.4 Å². The highest BCUT2D eigenvalue weighted by molar-refractivity contribution is 7.20. The molecular weight excluding hydrogens is 460 g/mol. The molecule has 0 bridgehead atoms. The Bertz CT molecular complexity index is 1620. The molecule has 7 heteroatoms. The van der Waals surface area contributed by atoms with Crippen LogP contribution in [0.25, 0.3) is 21.0 Å². The van der Waals surface area contributed by atoms with Crippen molar-refractivity contribution in [2.24, 2.45) is 0 Å². The van der Waals surface area contributed by atoms with E-state index in [9.17, 15) is 4.79 Å². The van der Waals surface area contributed by atoms with E-state index in [1.165, 1.54) is 22.3 Å². The Balaban J connectivity index is 1.36. The van der Waals surface area contributed by atoms with Gasteiger partial charge in [-0.15, -0.1) is 11.3 Å². The van der Waals surface area contributed by atoms with Crippen LogP contribution in [-0.4, -0.2) is 41.0 Å². The van der Waals surface area contributed by atoms with Gasteiger partial charge in [0, 0.05) is 33.9 Å². The molecule has 3 aromatic carbocycles. The van der Waals surface area contributed by atoms with Crippen LogP contribution in [0.2, 0.25) is 0 Å². The highest BCUT2D eigenvalue weighted by Crippen LogP contribution is 2.43. The number of fused-ring (bicyclic) bond motifs is 5. The van der Waals surface area contributed by atoms with Crippen molar-refractivity contribution in [3.8, 4) is 17.2 Å². The molecule has 2 aliphatic heterocycles. The molecule has 1 atom stereocenters. The van der Waals surface area contributed by atoms with E-state index in [1.807, 2.05) is 47.4 Å². The molecule has 5 aromatic rings. The van der Waals surface area contributed by atoms with Crippen LogP contribution in [-0.2, 0) is 6.42 Å². The minimum atomic E-state index is -0.243. The first kappa shape index (κ1) is 20.4. The summed E-state index contributed by atoms with van der Waals surface area (Å²) in [6.07, 6.45) is 0.803. The zero-order valence-electron chi connectivity index (χ0n) is 19.1. The molecule has 1 unspecified atom stereocenters. The van der Waals surface area contributed by atoms with E-state index >= 15 is 0 Å². The van der Waals surface area contributed by atoms with Gasteiger partial charge in [-0.1, -0.05) is 18.2 Å². The number of carbonyl (C=O) groups excluding carboxylic acids is 1. The van der Waals surface area contributed by atoms with E-state index in [4.69, 9.17) is 9.47 Å². The second kappa shape index (κ2) is 7.78. The number of nitrogens with one attached hydrogen (secondary N) is 1. The largest absolute Gasteiger partial charge is 0.551 e. The summed E-state index contributed by atoms with van der Waals surface area (Å²) in [5.41, 5.74) is 4.47. The van der Waals surface area contributed by atoms with Crippen molar-refractivity contribution in [2.45, 2.75) is 12.5 Å². The maximum absolute atomic E-state index is 14.0. The van der Waals surface area contributed by atoms with Crippen molar-refractivity contribution in [1.29, 1.82) is 0 Å². The fraction of sp³-hybridized carbons (Fsp3) is 0.179. The van der Waals surface area contributed by atoms with Gasteiger partial charge >= 0.3 is 6.79 Å². The summed E-state index contributed by atoms with van der Waals surface area (Å²) in [4.78, 5) is 20.4. The number of ether oxygens (including phenoxy) is 3. The van der Waals surface area contributed by atoms with Crippen LogP contribution in [0.5, 0.6) is 17.2 Å². The Morgan fingerprint density at radius 2 is 2.06 bits per heavy atom. The number of nitrogens with zero attached hydrogens (tertiary/aromatic N) is 1. The van der Waals surface area contributed by atoms with E-state index in [1.54, 1.807) is 7.11 Å². The van der Waals surface area contributed by atoms with Crippen molar-refractivity contribution >= 4 is 38.2 Å². The minimum absolute atomic E-state index is 0.0329. The molecule has 0 saturated carbocycles. The summed E-state index contributed by atoms with van der Waals surface area (Å²) in [5.74, 6) is 2.45. The quantitative estimate of drug-likeness (QED) is 0.331. The van der Waals surface area contributed by atoms with Gasteiger partial charge in [0.05, 0.1) is 18.0 Å². The maximum Gasteiger partial charge on any atom is 0.327 e. The Labute approximate surface area is 205 Å². The number of amides is 1. The zero-order chi connectivity index (χ0) is 23.5. The monoisotopic (exact) mass is 483 g/mol. The molecule has 0 saturated heterocycles. The van der Waals surface area contributed by atoms with Crippen LogP contribution in [0, 0.1) is 0 Å². The SMILES string of the molecule is COc1ccc2sc(C(=O)N3CCc4c([nH]c5ccccc45)C3c3ccc4c(c3)OC[OH+]4)cc2c1. The second-order valence-corrected chi connectivity index (χ2v) is 9.97. The number of para-hydroxylation sites is 1. The van der Waals surface area contributed by atoms with E-state index in [0.29, 0.717) is 13.3 Å². The number of hydrogen-bond donors (Lipinski definition) is 1. The Morgan fingerprint density at radius 3 is 2.97 bits per heavy atom.